The largest absolute Gasteiger partial charge is 0.497 e. The van der Waals surface area contributed by atoms with Gasteiger partial charge in [0.2, 0.25) is 0 Å². The lowest BCUT2D eigenvalue weighted by atomic mass is 9.83. The van der Waals surface area contributed by atoms with Gasteiger partial charge in [0.25, 0.3) is 0 Å². The van der Waals surface area contributed by atoms with Crippen LogP contribution in [-0.2, 0) is 0 Å². The molecule has 104 valence electrons. The summed E-state index contributed by atoms with van der Waals surface area (Å²) in [6.07, 6.45) is 6.24. The molecule has 0 heterocycles. The molecule has 3 N–H and O–H groups in total. The number of methoxy groups -OCH3 is 1. The Morgan fingerprint density at radius 2 is 2.00 bits per heavy atom. The number of ether oxygens (including phenoxy) is 1. The van der Waals surface area contributed by atoms with Gasteiger partial charge in [0.1, 0.15) is 10.7 Å². The molecular formula is C15H22N2OS. The lowest BCUT2D eigenvalue weighted by molar-refractivity contribution is 0.349. The third-order valence-electron chi connectivity index (χ3n) is 3.89. The molecule has 1 aromatic rings. The number of thiocarbonyl (C=S) groups is 1. The zero-order chi connectivity index (χ0) is 13.9. The average Bonchev–Trinajstić information content (AvgIpc) is 2.38. The van der Waals surface area contributed by atoms with Crippen molar-refractivity contribution in [1.82, 2.24) is 0 Å². The number of nitrogens with one attached hydrogen (secondary N) is 1. The van der Waals surface area contributed by atoms with Gasteiger partial charge in [0.05, 0.1) is 7.11 Å². The minimum Gasteiger partial charge on any atom is -0.497 e. The van der Waals surface area contributed by atoms with Crippen molar-refractivity contribution >= 4 is 22.9 Å². The Morgan fingerprint density at radius 1 is 1.32 bits per heavy atom. The highest BCUT2D eigenvalue weighted by Gasteiger charge is 2.27. The van der Waals surface area contributed by atoms with Crippen LogP contribution in [-0.4, -0.2) is 17.6 Å². The Bertz CT molecular complexity index is 467. The monoisotopic (exact) mass is 278 g/mol. The third kappa shape index (κ3) is 3.38. The van der Waals surface area contributed by atoms with Crippen molar-refractivity contribution in [3.8, 4) is 5.75 Å². The fourth-order valence-electron chi connectivity index (χ4n) is 2.75. The normalized spacial score (nSPS) is 17.8. The molecule has 19 heavy (non-hydrogen) atoms. The van der Waals surface area contributed by atoms with Crippen molar-refractivity contribution in [1.29, 1.82) is 0 Å². The molecule has 1 aliphatic carbocycles. The van der Waals surface area contributed by atoms with Gasteiger partial charge in [-0.25, -0.2) is 0 Å². The summed E-state index contributed by atoms with van der Waals surface area (Å²) >= 11 is 5.13. The molecule has 0 aromatic heterocycles. The molecule has 1 saturated carbocycles. The van der Waals surface area contributed by atoms with Gasteiger partial charge in [-0.3, -0.25) is 0 Å². The lowest BCUT2D eigenvalue weighted by Gasteiger charge is -2.36. The maximum Gasteiger partial charge on any atom is 0.120 e. The lowest BCUT2D eigenvalue weighted by Crippen LogP contribution is -2.37. The molecule has 0 bridgehead atoms. The van der Waals surface area contributed by atoms with Gasteiger partial charge < -0.3 is 15.8 Å². The number of rotatable bonds is 4. The van der Waals surface area contributed by atoms with E-state index in [0.29, 0.717) is 4.99 Å². The predicted octanol–water partition coefficient (Wildman–Crippen LogP) is 3.46. The Balaban J connectivity index is 2.28. The molecule has 0 aliphatic heterocycles. The molecular weight excluding hydrogens is 256 g/mol. The second kappa shape index (κ2) is 5.78. The molecule has 0 unspecified atom stereocenters. The molecule has 4 heteroatoms. The van der Waals surface area contributed by atoms with Crippen LogP contribution in [0.3, 0.4) is 0 Å². The molecule has 1 aliphatic rings. The highest BCUT2D eigenvalue weighted by molar-refractivity contribution is 7.80. The van der Waals surface area contributed by atoms with E-state index in [0.717, 1.165) is 17.0 Å². The predicted molar refractivity (Wildman–Crippen MR) is 84.0 cm³/mol. The third-order valence-corrected chi connectivity index (χ3v) is 4.11. The minimum absolute atomic E-state index is 0.129. The maximum absolute atomic E-state index is 5.80. The molecule has 0 amide bonds. The minimum atomic E-state index is 0.129. The first-order chi connectivity index (χ1) is 9.04. The number of hydrogen-bond donors (Lipinski definition) is 2. The van der Waals surface area contributed by atoms with Crippen molar-refractivity contribution < 1.29 is 4.74 Å². The van der Waals surface area contributed by atoms with Crippen LogP contribution in [0.1, 0.15) is 44.6 Å². The summed E-state index contributed by atoms with van der Waals surface area (Å²) in [4.78, 5) is 0.421. The molecule has 0 spiro atoms. The van der Waals surface area contributed by atoms with Crippen molar-refractivity contribution in [3.63, 3.8) is 0 Å². The van der Waals surface area contributed by atoms with Crippen LogP contribution in [0, 0.1) is 0 Å². The zero-order valence-corrected chi connectivity index (χ0v) is 12.5. The number of nitrogens with two attached hydrogens (primary N) is 1. The molecule has 1 aromatic carbocycles. The van der Waals surface area contributed by atoms with Crippen LogP contribution >= 0.6 is 12.2 Å². The summed E-state index contributed by atoms with van der Waals surface area (Å²) < 4.78 is 5.29. The van der Waals surface area contributed by atoms with Crippen molar-refractivity contribution in [2.24, 2.45) is 5.73 Å². The van der Waals surface area contributed by atoms with Gasteiger partial charge in [-0.2, -0.15) is 0 Å². The van der Waals surface area contributed by atoms with Gasteiger partial charge in [-0.15, -0.1) is 0 Å². The summed E-state index contributed by atoms with van der Waals surface area (Å²) in [5.74, 6) is 0.821. The molecule has 0 saturated heterocycles. The van der Waals surface area contributed by atoms with E-state index in [1.807, 2.05) is 18.2 Å². The van der Waals surface area contributed by atoms with E-state index in [-0.39, 0.29) is 5.54 Å². The number of anilines is 1. The molecule has 0 radical (unpaired) electrons. The fourth-order valence-corrected chi connectivity index (χ4v) is 2.93. The quantitative estimate of drug-likeness (QED) is 0.828. The summed E-state index contributed by atoms with van der Waals surface area (Å²) in [6, 6.07) is 5.80. The van der Waals surface area contributed by atoms with E-state index < -0.39 is 0 Å². The van der Waals surface area contributed by atoms with Crippen LogP contribution in [0.4, 0.5) is 5.69 Å². The van der Waals surface area contributed by atoms with Gasteiger partial charge >= 0.3 is 0 Å². The van der Waals surface area contributed by atoms with Crippen LogP contribution in [0.25, 0.3) is 0 Å². The van der Waals surface area contributed by atoms with Crippen LogP contribution in [0.15, 0.2) is 18.2 Å². The van der Waals surface area contributed by atoms with E-state index in [2.05, 4.69) is 12.2 Å². The van der Waals surface area contributed by atoms with Crippen molar-refractivity contribution in [3.05, 3.63) is 23.8 Å². The summed E-state index contributed by atoms with van der Waals surface area (Å²) in [5.41, 5.74) is 7.81. The number of hydrogen-bond acceptors (Lipinski definition) is 3. The van der Waals surface area contributed by atoms with Crippen LogP contribution in [0.2, 0.25) is 0 Å². The molecule has 2 rings (SSSR count). The first-order valence-corrected chi connectivity index (χ1v) is 7.21. The van der Waals surface area contributed by atoms with Gasteiger partial charge in [0.15, 0.2) is 0 Å². The van der Waals surface area contributed by atoms with Crippen LogP contribution in [0.5, 0.6) is 5.75 Å². The standard InChI is InChI=1S/C15H22N2OS/c1-15(8-4-3-5-9-15)17-13-10-11(18-2)6-7-12(13)14(16)19/h6-7,10,17H,3-5,8-9H2,1-2H3,(H2,16,19). The van der Waals surface area contributed by atoms with Gasteiger partial charge in [0, 0.05) is 22.9 Å². The first kappa shape index (κ1) is 14.1. The van der Waals surface area contributed by atoms with E-state index in [9.17, 15) is 0 Å². The van der Waals surface area contributed by atoms with Crippen molar-refractivity contribution in [2.45, 2.75) is 44.6 Å². The van der Waals surface area contributed by atoms with E-state index in [1.165, 1.54) is 32.1 Å². The Kier molecular flexibility index (Phi) is 4.30. The van der Waals surface area contributed by atoms with Gasteiger partial charge in [-0.1, -0.05) is 31.5 Å². The SMILES string of the molecule is COc1ccc(C(N)=S)c(NC2(C)CCCCC2)c1. The summed E-state index contributed by atoms with van der Waals surface area (Å²) in [7, 11) is 1.67. The Hall–Kier alpha value is -1.29. The second-order valence-electron chi connectivity index (χ2n) is 5.52. The maximum atomic E-state index is 5.80. The first-order valence-electron chi connectivity index (χ1n) is 6.80. The second-order valence-corrected chi connectivity index (χ2v) is 5.96. The van der Waals surface area contributed by atoms with Crippen LogP contribution < -0.4 is 15.8 Å². The van der Waals surface area contributed by atoms with E-state index >= 15 is 0 Å². The summed E-state index contributed by atoms with van der Waals surface area (Å²) in [6.45, 7) is 2.27. The molecule has 1 fully saturated rings. The number of benzene rings is 1. The smallest absolute Gasteiger partial charge is 0.120 e. The Morgan fingerprint density at radius 3 is 2.58 bits per heavy atom. The Labute approximate surface area is 120 Å². The molecule has 0 atom stereocenters. The van der Waals surface area contributed by atoms with E-state index in [4.69, 9.17) is 22.7 Å². The summed E-state index contributed by atoms with van der Waals surface area (Å²) in [5, 5.41) is 3.63. The van der Waals surface area contributed by atoms with E-state index in [1.54, 1.807) is 7.11 Å². The highest BCUT2D eigenvalue weighted by atomic mass is 32.1. The van der Waals surface area contributed by atoms with Gasteiger partial charge in [-0.05, 0) is 31.9 Å². The van der Waals surface area contributed by atoms with Crippen molar-refractivity contribution in [2.75, 3.05) is 12.4 Å². The zero-order valence-electron chi connectivity index (χ0n) is 11.7. The topological polar surface area (TPSA) is 47.3 Å². The fraction of sp³-hybridized carbons (Fsp3) is 0.533. The molecule has 3 nitrogen and oxygen atoms in total. The highest BCUT2D eigenvalue weighted by Crippen LogP contribution is 2.33. The average molecular weight is 278 g/mol.